The first-order valence-electron chi connectivity index (χ1n) is 9.89. The quantitative estimate of drug-likeness (QED) is 0.320. The maximum absolute atomic E-state index is 13.0. The Hall–Kier alpha value is -3.70. The van der Waals surface area contributed by atoms with Crippen LogP contribution >= 0.6 is 15.9 Å². The number of nitrogens with one attached hydrogen (secondary N) is 2. The van der Waals surface area contributed by atoms with Crippen molar-refractivity contribution in [2.45, 2.75) is 0 Å². The molecule has 2 N–H and O–H groups in total. The molecule has 0 saturated carbocycles. The summed E-state index contributed by atoms with van der Waals surface area (Å²) in [4.78, 5) is 21.1. The summed E-state index contributed by atoms with van der Waals surface area (Å²) in [7, 11) is 0. The highest BCUT2D eigenvalue weighted by molar-refractivity contribution is 9.10. The van der Waals surface area contributed by atoms with Gasteiger partial charge in [0.2, 0.25) is 0 Å². The Labute approximate surface area is 187 Å². The zero-order chi connectivity index (χ0) is 21.2. The zero-order valence-electron chi connectivity index (χ0n) is 16.5. The molecule has 1 aromatic heterocycles. The molecule has 0 spiro atoms. The maximum atomic E-state index is 13.0. The lowest BCUT2D eigenvalue weighted by Gasteiger charge is -2.10. The van der Waals surface area contributed by atoms with E-state index in [-0.39, 0.29) is 5.91 Å². The highest BCUT2D eigenvalue weighted by atomic mass is 79.9. The Morgan fingerprint density at radius 2 is 1.68 bits per heavy atom. The molecule has 0 saturated heterocycles. The van der Waals surface area contributed by atoms with E-state index in [0.717, 1.165) is 31.8 Å². The van der Waals surface area contributed by atoms with Crippen molar-refractivity contribution in [3.8, 4) is 0 Å². The molecule has 4 nitrogen and oxygen atoms in total. The van der Waals surface area contributed by atoms with Crippen molar-refractivity contribution in [1.82, 2.24) is 15.3 Å². The standard InChI is InChI=1S/C26H18BrN3O/c27-20-11-6-10-19(15-20)26(31)30-24(25-28-22-13-3-4-14-23(22)29-25)16-18-9-5-8-17-7-1-2-12-21(17)18/h1-16H,(H,28,29)(H,30,31)/b24-16-. The normalized spacial score (nSPS) is 11.7. The summed E-state index contributed by atoms with van der Waals surface area (Å²) in [6.07, 6.45) is 1.97. The summed E-state index contributed by atoms with van der Waals surface area (Å²) in [5.41, 5.74) is 3.94. The number of nitrogens with zero attached hydrogens (tertiary/aromatic N) is 1. The van der Waals surface area contributed by atoms with Gasteiger partial charge in [-0.1, -0.05) is 76.6 Å². The molecule has 4 aromatic carbocycles. The van der Waals surface area contributed by atoms with Gasteiger partial charge >= 0.3 is 0 Å². The highest BCUT2D eigenvalue weighted by Gasteiger charge is 2.14. The monoisotopic (exact) mass is 467 g/mol. The minimum absolute atomic E-state index is 0.201. The summed E-state index contributed by atoms with van der Waals surface area (Å²) in [5, 5.41) is 5.30. The van der Waals surface area contributed by atoms with Gasteiger partial charge < -0.3 is 10.3 Å². The van der Waals surface area contributed by atoms with Crippen LogP contribution in [0.5, 0.6) is 0 Å². The van der Waals surface area contributed by atoms with Crippen molar-refractivity contribution in [1.29, 1.82) is 0 Å². The predicted octanol–water partition coefficient (Wildman–Crippen LogP) is 6.41. The molecule has 0 bridgehead atoms. The number of aromatic nitrogens is 2. The van der Waals surface area contributed by atoms with Gasteiger partial charge in [0.1, 0.15) is 0 Å². The summed E-state index contributed by atoms with van der Waals surface area (Å²) < 4.78 is 0.850. The van der Waals surface area contributed by atoms with Crippen LogP contribution in [0.3, 0.4) is 0 Å². The Morgan fingerprint density at radius 1 is 0.903 bits per heavy atom. The van der Waals surface area contributed by atoms with E-state index < -0.39 is 0 Å². The topological polar surface area (TPSA) is 57.8 Å². The molecule has 0 atom stereocenters. The van der Waals surface area contributed by atoms with Gasteiger partial charge in [-0.25, -0.2) is 4.98 Å². The number of halogens is 1. The van der Waals surface area contributed by atoms with E-state index in [1.165, 1.54) is 0 Å². The average Bonchev–Trinajstić information content (AvgIpc) is 3.23. The number of fused-ring (bicyclic) bond motifs is 2. The molecule has 31 heavy (non-hydrogen) atoms. The Morgan fingerprint density at radius 3 is 2.55 bits per heavy atom. The summed E-state index contributed by atoms with van der Waals surface area (Å²) >= 11 is 3.43. The molecule has 1 heterocycles. The van der Waals surface area contributed by atoms with E-state index in [1.54, 1.807) is 12.1 Å². The minimum atomic E-state index is -0.201. The van der Waals surface area contributed by atoms with Crippen LogP contribution in [-0.4, -0.2) is 15.9 Å². The number of para-hydroxylation sites is 2. The van der Waals surface area contributed by atoms with Crippen LogP contribution in [0.15, 0.2) is 95.5 Å². The van der Waals surface area contributed by atoms with Crippen molar-refractivity contribution < 1.29 is 4.79 Å². The molecular formula is C26H18BrN3O. The molecule has 1 amide bonds. The van der Waals surface area contributed by atoms with Crippen LogP contribution in [0.4, 0.5) is 0 Å². The molecule has 0 aliphatic rings. The molecule has 0 fully saturated rings. The molecule has 0 aliphatic carbocycles. The summed E-state index contributed by atoms with van der Waals surface area (Å²) in [5.74, 6) is 0.408. The van der Waals surface area contributed by atoms with Gasteiger partial charge in [0, 0.05) is 10.0 Å². The fourth-order valence-electron chi connectivity index (χ4n) is 3.60. The highest BCUT2D eigenvalue weighted by Crippen LogP contribution is 2.24. The number of imidazole rings is 1. The molecule has 5 rings (SSSR count). The van der Waals surface area contributed by atoms with E-state index in [1.807, 2.05) is 66.7 Å². The lowest BCUT2D eigenvalue weighted by molar-refractivity contribution is 0.0973. The van der Waals surface area contributed by atoms with E-state index in [0.29, 0.717) is 17.1 Å². The molecule has 0 unspecified atom stereocenters. The molecule has 5 heteroatoms. The number of H-pyrrole nitrogens is 1. The third-order valence-corrected chi connectivity index (χ3v) is 5.60. The van der Waals surface area contributed by atoms with Gasteiger partial charge in [0.05, 0.1) is 16.7 Å². The van der Waals surface area contributed by atoms with E-state index >= 15 is 0 Å². The molecule has 5 aromatic rings. The molecule has 0 aliphatic heterocycles. The first kappa shape index (κ1) is 19.3. The van der Waals surface area contributed by atoms with Crippen LogP contribution in [0, 0.1) is 0 Å². The second-order valence-electron chi connectivity index (χ2n) is 7.19. The molecule has 150 valence electrons. The Kier molecular flexibility index (Phi) is 5.10. The molecular weight excluding hydrogens is 450 g/mol. The van der Waals surface area contributed by atoms with Crippen molar-refractivity contribution in [3.05, 3.63) is 112 Å². The number of hydrogen-bond acceptors (Lipinski definition) is 2. The average molecular weight is 468 g/mol. The number of carbonyl (C=O) groups is 1. The van der Waals surface area contributed by atoms with Crippen LogP contribution in [0.25, 0.3) is 33.6 Å². The van der Waals surface area contributed by atoms with Crippen molar-refractivity contribution in [3.63, 3.8) is 0 Å². The summed E-state index contributed by atoms with van der Waals surface area (Å²) in [6, 6.07) is 29.4. The zero-order valence-corrected chi connectivity index (χ0v) is 18.1. The van der Waals surface area contributed by atoms with Gasteiger partial charge in [-0.05, 0) is 52.7 Å². The van der Waals surface area contributed by atoms with Crippen LogP contribution in [0.2, 0.25) is 0 Å². The van der Waals surface area contributed by atoms with Crippen molar-refractivity contribution >= 4 is 55.4 Å². The number of amides is 1. The van der Waals surface area contributed by atoms with E-state index in [2.05, 4.69) is 44.4 Å². The van der Waals surface area contributed by atoms with Gasteiger partial charge in [-0.15, -0.1) is 0 Å². The van der Waals surface area contributed by atoms with Gasteiger partial charge in [0.25, 0.3) is 5.91 Å². The first-order chi connectivity index (χ1) is 15.2. The fraction of sp³-hybridized carbons (Fsp3) is 0. The number of carbonyl (C=O) groups excluding carboxylic acids is 1. The number of benzene rings is 4. The van der Waals surface area contributed by atoms with Gasteiger partial charge in [-0.2, -0.15) is 0 Å². The molecule has 0 radical (unpaired) electrons. The largest absolute Gasteiger partial charge is 0.337 e. The van der Waals surface area contributed by atoms with Gasteiger partial charge in [0.15, 0.2) is 5.82 Å². The van der Waals surface area contributed by atoms with E-state index in [4.69, 9.17) is 4.98 Å². The van der Waals surface area contributed by atoms with Crippen LogP contribution in [0.1, 0.15) is 21.7 Å². The van der Waals surface area contributed by atoms with Crippen LogP contribution < -0.4 is 5.32 Å². The lowest BCUT2D eigenvalue weighted by Crippen LogP contribution is -2.22. The summed E-state index contributed by atoms with van der Waals surface area (Å²) in [6.45, 7) is 0. The smallest absolute Gasteiger partial charge is 0.255 e. The Bertz CT molecular complexity index is 1410. The van der Waals surface area contributed by atoms with Gasteiger partial charge in [-0.3, -0.25) is 4.79 Å². The SMILES string of the molecule is O=C(N/C(=C\c1cccc2ccccc12)c1nc2ccccc2[nH]1)c1cccc(Br)c1. The lowest BCUT2D eigenvalue weighted by atomic mass is 10.0. The third-order valence-electron chi connectivity index (χ3n) is 5.10. The number of hydrogen-bond donors (Lipinski definition) is 2. The first-order valence-corrected chi connectivity index (χ1v) is 10.7. The second kappa shape index (κ2) is 8.20. The predicted molar refractivity (Wildman–Crippen MR) is 130 cm³/mol. The second-order valence-corrected chi connectivity index (χ2v) is 8.11. The third kappa shape index (κ3) is 4.00. The minimum Gasteiger partial charge on any atom is -0.337 e. The van der Waals surface area contributed by atoms with Crippen molar-refractivity contribution in [2.75, 3.05) is 0 Å². The number of rotatable bonds is 4. The number of aromatic amines is 1. The fourth-order valence-corrected chi connectivity index (χ4v) is 4.00. The van der Waals surface area contributed by atoms with E-state index in [9.17, 15) is 4.79 Å². The Balaban J connectivity index is 1.63. The van der Waals surface area contributed by atoms with Crippen molar-refractivity contribution in [2.24, 2.45) is 0 Å². The van der Waals surface area contributed by atoms with Crippen LogP contribution in [-0.2, 0) is 0 Å². The maximum Gasteiger partial charge on any atom is 0.255 e.